The molecule has 7 heteroatoms. The van der Waals surface area contributed by atoms with Gasteiger partial charge < -0.3 is 10.0 Å². The summed E-state index contributed by atoms with van der Waals surface area (Å²) in [5.41, 5.74) is 7.48. The minimum Gasteiger partial charge on any atom is -0.483 e. The third-order valence-corrected chi connectivity index (χ3v) is 8.85. The van der Waals surface area contributed by atoms with Crippen molar-refractivity contribution in [1.82, 2.24) is 14.8 Å². The molecule has 3 aromatic rings. The number of carbonyl (C=O) groups is 1. The fourth-order valence-electron chi connectivity index (χ4n) is 6.80. The van der Waals surface area contributed by atoms with Crippen molar-refractivity contribution in [3.8, 4) is 6.07 Å². The molecule has 3 aliphatic heterocycles. The standard InChI is InChI=1S/C31H37N5.2C2H6.CH2O2/c1-21-18-34(28-10-8-24(17-32)30-27(28)6-5-13-33-30)20-29-26-9-7-23(16-25(26)19-36(21)29)22-11-14-35(15-12-22)31(2,3)4;2*1-2;2-1-3/h5-10,13,16,21-22,29H,11-12,14-15,18-20H2,1-4H3;2*1-2H3;1H,(H,2,3). The van der Waals surface area contributed by atoms with E-state index in [0.717, 1.165) is 30.5 Å². The quantitative estimate of drug-likeness (QED) is 0.310. The molecule has 7 nitrogen and oxygen atoms in total. The Kier molecular flexibility index (Phi) is 12.1. The Labute approximate surface area is 259 Å². The first-order chi connectivity index (χ1) is 20.7. The number of likely N-dealkylation sites (tertiary alicyclic amines) is 1. The molecular formula is C36H51N5O2. The number of nitrogens with zero attached hydrogens (tertiary/aromatic N) is 5. The Morgan fingerprint density at radius 1 is 1.02 bits per heavy atom. The second-order valence-electron chi connectivity index (χ2n) is 12.1. The Bertz CT molecular complexity index is 1380. The molecule has 0 bridgehead atoms. The zero-order chi connectivity index (χ0) is 31.7. The highest BCUT2D eigenvalue weighted by Crippen LogP contribution is 2.43. The molecule has 0 spiro atoms. The summed E-state index contributed by atoms with van der Waals surface area (Å²) >= 11 is 0. The first-order valence-electron chi connectivity index (χ1n) is 16.0. The van der Waals surface area contributed by atoms with Crippen LogP contribution < -0.4 is 4.90 Å². The first-order valence-corrected chi connectivity index (χ1v) is 16.0. The molecule has 2 saturated heterocycles. The Balaban J connectivity index is 0.000000670. The molecule has 2 atom stereocenters. The maximum atomic E-state index is 9.56. The van der Waals surface area contributed by atoms with Crippen LogP contribution in [0.25, 0.3) is 10.9 Å². The molecule has 0 saturated carbocycles. The fourth-order valence-corrected chi connectivity index (χ4v) is 6.80. The highest BCUT2D eigenvalue weighted by Gasteiger charge is 2.39. The zero-order valence-corrected chi connectivity index (χ0v) is 27.5. The summed E-state index contributed by atoms with van der Waals surface area (Å²) in [6.07, 6.45) is 4.30. The Hall–Kier alpha value is -3.47. The predicted molar refractivity (Wildman–Crippen MR) is 178 cm³/mol. The van der Waals surface area contributed by atoms with Crippen LogP contribution in [0.5, 0.6) is 0 Å². The van der Waals surface area contributed by atoms with E-state index in [4.69, 9.17) is 9.90 Å². The van der Waals surface area contributed by atoms with Crippen LogP contribution in [-0.4, -0.2) is 64.1 Å². The van der Waals surface area contributed by atoms with E-state index < -0.39 is 0 Å². The van der Waals surface area contributed by atoms with Crippen LogP contribution in [0.4, 0.5) is 5.69 Å². The van der Waals surface area contributed by atoms with Crippen molar-refractivity contribution in [3.05, 3.63) is 70.9 Å². The summed E-state index contributed by atoms with van der Waals surface area (Å²) in [6.45, 7) is 22.5. The van der Waals surface area contributed by atoms with Gasteiger partial charge in [0, 0.05) is 48.5 Å². The molecule has 2 unspecified atom stereocenters. The summed E-state index contributed by atoms with van der Waals surface area (Å²) in [5.74, 6) is 0.679. The van der Waals surface area contributed by atoms with Gasteiger partial charge in [-0.15, -0.1) is 0 Å². The van der Waals surface area contributed by atoms with E-state index in [1.165, 1.54) is 48.3 Å². The highest BCUT2D eigenvalue weighted by molar-refractivity contribution is 5.95. The number of aromatic nitrogens is 1. The number of anilines is 1. The molecular weight excluding hydrogens is 534 g/mol. The van der Waals surface area contributed by atoms with Gasteiger partial charge in [-0.05, 0) is 100 Å². The van der Waals surface area contributed by atoms with Crippen molar-refractivity contribution in [2.75, 3.05) is 31.1 Å². The van der Waals surface area contributed by atoms with Gasteiger partial charge in [-0.25, -0.2) is 0 Å². The van der Waals surface area contributed by atoms with E-state index in [0.29, 0.717) is 23.6 Å². The number of pyridine rings is 1. The number of nitriles is 1. The minimum atomic E-state index is -0.250. The number of piperazine rings is 1. The monoisotopic (exact) mass is 585 g/mol. The molecule has 0 aliphatic carbocycles. The minimum absolute atomic E-state index is 0.250. The third-order valence-electron chi connectivity index (χ3n) is 8.85. The average molecular weight is 586 g/mol. The van der Waals surface area contributed by atoms with E-state index in [2.05, 4.69) is 83.8 Å². The van der Waals surface area contributed by atoms with Crippen LogP contribution >= 0.6 is 0 Å². The SMILES string of the molecule is CC.CC.CC1CN(c2ccc(C#N)c3ncccc23)CC2c3ccc(C4CCN(C(C)(C)C)CC4)cc3CN12.O=CO. The van der Waals surface area contributed by atoms with Gasteiger partial charge in [0.15, 0.2) is 0 Å². The van der Waals surface area contributed by atoms with Crippen LogP contribution in [0, 0.1) is 11.3 Å². The smallest absolute Gasteiger partial charge is 0.290 e. The lowest BCUT2D eigenvalue weighted by atomic mass is 9.86. The lowest BCUT2D eigenvalue weighted by Crippen LogP contribution is -2.51. The second kappa shape index (κ2) is 15.3. The molecule has 43 heavy (non-hydrogen) atoms. The second-order valence-corrected chi connectivity index (χ2v) is 12.1. The molecule has 1 N–H and O–H groups in total. The van der Waals surface area contributed by atoms with E-state index >= 15 is 0 Å². The van der Waals surface area contributed by atoms with Crippen molar-refractivity contribution < 1.29 is 9.90 Å². The summed E-state index contributed by atoms with van der Waals surface area (Å²) in [6, 6.07) is 18.7. The van der Waals surface area contributed by atoms with Crippen LogP contribution in [0.15, 0.2) is 48.7 Å². The van der Waals surface area contributed by atoms with Gasteiger partial charge >= 0.3 is 0 Å². The number of hydrogen-bond acceptors (Lipinski definition) is 6. The van der Waals surface area contributed by atoms with Crippen LogP contribution in [0.3, 0.4) is 0 Å². The number of benzene rings is 2. The number of piperidine rings is 1. The predicted octanol–water partition coefficient (Wildman–Crippen LogP) is 7.60. The lowest BCUT2D eigenvalue weighted by molar-refractivity contribution is -0.122. The van der Waals surface area contributed by atoms with Crippen molar-refractivity contribution in [3.63, 3.8) is 0 Å². The molecule has 3 aliphatic rings. The average Bonchev–Trinajstić information content (AvgIpc) is 3.41. The van der Waals surface area contributed by atoms with E-state index in [1.807, 2.05) is 39.8 Å². The van der Waals surface area contributed by atoms with Gasteiger partial charge in [-0.1, -0.05) is 45.9 Å². The van der Waals surface area contributed by atoms with Gasteiger partial charge in [0.1, 0.15) is 6.07 Å². The Morgan fingerprint density at radius 2 is 1.70 bits per heavy atom. The highest BCUT2D eigenvalue weighted by atomic mass is 16.3. The summed E-state index contributed by atoms with van der Waals surface area (Å²) in [4.78, 5) is 20.7. The van der Waals surface area contributed by atoms with E-state index in [-0.39, 0.29) is 12.0 Å². The number of rotatable bonds is 2. The molecule has 2 aromatic carbocycles. The summed E-state index contributed by atoms with van der Waals surface area (Å²) in [5, 5.41) is 17.5. The summed E-state index contributed by atoms with van der Waals surface area (Å²) < 4.78 is 0. The van der Waals surface area contributed by atoms with Gasteiger partial charge in [0.2, 0.25) is 0 Å². The van der Waals surface area contributed by atoms with Gasteiger partial charge in [0.25, 0.3) is 6.47 Å². The fraction of sp³-hybridized carbons (Fsp3) is 0.528. The van der Waals surface area contributed by atoms with Crippen molar-refractivity contribution in [1.29, 1.82) is 5.26 Å². The van der Waals surface area contributed by atoms with Crippen molar-refractivity contribution >= 4 is 23.1 Å². The van der Waals surface area contributed by atoms with E-state index in [9.17, 15) is 5.26 Å². The molecule has 0 radical (unpaired) electrons. The largest absolute Gasteiger partial charge is 0.483 e. The van der Waals surface area contributed by atoms with Gasteiger partial charge in [0.05, 0.1) is 17.1 Å². The zero-order valence-electron chi connectivity index (χ0n) is 27.5. The number of fused-ring (bicyclic) bond motifs is 4. The molecule has 4 heterocycles. The molecule has 1 aromatic heterocycles. The summed E-state index contributed by atoms with van der Waals surface area (Å²) in [7, 11) is 0. The normalized spacial score (nSPS) is 20.2. The maximum absolute atomic E-state index is 9.56. The van der Waals surface area contributed by atoms with Crippen molar-refractivity contribution in [2.45, 2.75) is 98.3 Å². The topological polar surface area (TPSA) is 83.7 Å². The molecule has 2 fully saturated rings. The number of hydrogen-bond donors (Lipinski definition) is 1. The van der Waals surface area contributed by atoms with E-state index in [1.54, 1.807) is 6.20 Å². The molecule has 232 valence electrons. The molecule has 6 rings (SSSR count). The Morgan fingerprint density at radius 3 is 2.33 bits per heavy atom. The third kappa shape index (κ3) is 7.37. The van der Waals surface area contributed by atoms with Crippen molar-refractivity contribution in [2.24, 2.45) is 0 Å². The first kappa shape index (κ1) is 34.0. The van der Waals surface area contributed by atoms with Gasteiger partial charge in [-0.2, -0.15) is 5.26 Å². The van der Waals surface area contributed by atoms with Crippen LogP contribution in [-0.2, 0) is 11.3 Å². The molecule has 0 amide bonds. The van der Waals surface area contributed by atoms with Crippen LogP contribution in [0.2, 0.25) is 0 Å². The van der Waals surface area contributed by atoms with Crippen LogP contribution in [0.1, 0.15) is 102 Å². The number of carboxylic acid groups (broad SMARTS) is 1. The lowest BCUT2D eigenvalue weighted by Gasteiger charge is -2.44. The maximum Gasteiger partial charge on any atom is 0.290 e. The van der Waals surface area contributed by atoms with Gasteiger partial charge in [-0.3, -0.25) is 19.6 Å².